The smallest absolute Gasteiger partial charge is 0.139 e. The van der Waals surface area contributed by atoms with Gasteiger partial charge in [0.2, 0.25) is 0 Å². The van der Waals surface area contributed by atoms with E-state index < -0.39 is 0 Å². The van der Waals surface area contributed by atoms with Crippen molar-refractivity contribution in [3.05, 3.63) is 60.7 Å². The molecule has 0 saturated heterocycles. The fourth-order valence-electron chi connectivity index (χ4n) is 2.32. The Kier molecular flexibility index (Phi) is 3.35. The maximum absolute atomic E-state index is 9.74. The summed E-state index contributed by atoms with van der Waals surface area (Å²) in [6, 6.07) is 18.1. The molecule has 0 aromatic heterocycles. The van der Waals surface area contributed by atoms with Crippen molar-refractivity contribution in [2.75, 3.05) is 11.5 Å². The molecule has 6 N–H and O–H groups in total. The number of aromatic hydroxyl groups is 2. The monoisotopic (exact) mass is 292 g/mol. The molecule has 0 radical (unpaired) electrons. The number of anilines is 2. The average Bonchev–Trinajstić information content (AvgIpc) is 2.53. The number of rotatable bonds is 2. The first-order chi connectivity index (χ1) is 10.5. The fraction of sp³-hybridized carbons (Fsp3) is 0. The number of benzene rings is 3. The molecule has 0 unspecified atom stereocenters. The number of hydrogen-bond acceptors (Lipinski definition) is 4. The SMILES string of the molecule is Nc1ccc(-c2cccc(-c3ccc(N)c(O)c3)c2)cc1O. The van der Waals surface area contributed by atoms with Crippen molar-refractivity contribution in [2.24, 2.45) is 0 Å². The maximum atomic E-state index is 9.74. The predicted octanol–water partition coefficient (Wildman–Crippen LogP) is 3.60. The van der Waals surface area contributed by atoms with E-state index in [1.54, 1.807) is 24.3 Å². The lowest BCUT2D eigenvalue weighted by Crippen LogP contribution is -1.88. The Hall–Kier alpha value is -3.14. The van der Waals surface area contributed by atoms with Crippen molar-refractivity contribution in [2.45, 2.75) is 0 Å². The van der Waals surface area contributed by atoms with Gasteiger partial charge in [-0.2, -0.15) is 0 Å². The van der Waals surface area contributed by atoms with Gasteiger partial charge in [0.25, 0.3) is 0 Å². The fourth-order valence-corrected chi connectivity index (χ4v) is 2.32. The normalized spacial score (nSPS) is 10.5. The lowest BCUT2D eigenvalue weighted by molar-refractivity contribution is 0.478. The Morgan fingerprint density at radius 3 is 1.36 bits per heavy atom. The summed E-state index contributed by atoms with van der Waals surface area (Å²) >= 11 is 0. The maximum Gasteiger partial charge on any atom is 0.139 e. The summed E-state index contributed by atoms with van der Waals surface area (Å²) in [4.78, 5) is 0. The van der Waals surface area contributed by atoms with E-state index in [-0.39, 0.29) is 11.5 Å². The molecule has 0 atom stereocenters. The third-order valence-corrected chi connectivity index (χ3v) is 3.59. The first-order valence-corrected chi connectivity index (χ1v) is 6.82. The van der Waals surface area contributed by atoms with Crippen molar-refractivity contribution in [1.82, 2.24) is 0 Å². The first kappa shape index (κ1) is 13.8. The Labute approximate surface area is 128 Å². The van der Waals surface area contributed by atoms with Crippen LogP contribution >= 0.6 is 0 Å². The van der Waals surface area contributed by atoms with E-state index >= 15 is 0 Å². The number of nitrogens with two attached hydrogens (primary N) is 2. The summed E-state index contributed by atoms with van der Waals surface area (Å²) in [6.45, 7) is 0. The molecule has 0 aliphatic rings. The van der Waals surface area contributed by atoms with Crippen molar-refractivity contribution >= 4 is 11.4 Å². The van der Waals surface area contributed by atoms with Crippen molar-refractivity contribution < 1.29 is 10.2 Å². The van der Waals surface area contributed by atoms with E-state index in [1.807, 2.05) is 36.4 Å². The van der Waals surface area contributed by atoms with Crippen LogP contribution in [0.3, 0.4) is 0 Å². The zero-order chi connectivity index (χ0) is 15.7. The molecule has 4 heteroatoms. The van der Waals surface area contributed by atoms with E-state index in [0.29, 0.717) is 11.4 Å². The highest BCUT2D eigenvalue weighted by atomic mass is 16.3. The molecule has 0 fully saturated rings. The highest BCUT2D eigenvalue weighted by Crippen LogP contribution is 2.32. The van der Waals surface area contributed by atoms with Crippen LogP contribution in [0.4, 0.5) is 11.4 Å². The van der Waals surface area contributed by atoms with E-state index in [4.69, 9.17) is 11.5 Å². The largest absolute Gasteiger partial charge is 0.506 e. The van der Waals surface area contributed by atoms with Gasteiger partial charge in [-0.25, -0.2) is 0 Å². The topological polar surface area (TPSA) is 92.5 Å². The van der Waals surface area contributed by atoms with Gasteiger partial charge in [0, 0.05) is 0 Å². The van der Waals surface area contributed by atoms with Gasteiger partial charge in [0.1, 0.15) is 11.5 Å². The van der Waals surface area contributed by atoms with Crippen LogP contribution in [-0.4, -0.2) is 10.2 Å². The van der Waals surface area contributed by atoms with Crippen LogP contribution in [0.25, 0.3) is 22.3 Å². The molecule has 4 nitrogen and oxygen atoms in total. The first-order valence-electron chi connectivity index (χ1n) is 6.82. The minimum absolute atomic E-state index is 0.0630. The van der Waals surface area contributed by atoms with E-state index in [2.05, 4.69) is 0 Å². The number of hydrogen-bond donors (Lipinski definition) is 4. The zero-order valence-electron chi connectivity index (χ0n) is 11.8. The molecule has 3 aromatic carbocycles. The summed E-state index contributed by atoms with van der Waals surface area (Å²) in [7, 11) is 0. The lowest BCUT2D eigenvalue weighted by atomic mass is 9.98. The second-order valence-electron chi connectivity index (χ2n) is 5.13. The Bertz CT molecular complexity index is 777. The molecule has 0 amide bonds. The summed E-state index contributed by atoms with van der Waals surface area (Å²) in [5.41, 5.74) is 15.6. The van der Waals surface area contributed by atoms with Gasteiger partial charge in [-0.3, -0.25) is 0 Å². The van der Waals surface area contributed by atoms with E-state index in [1.165, 1.54) is 0 Å². The van der Waals surface area contributed by atoms with Crippen LogP contribution in [0, 0.1) is 0 Å². The van der Waals surface area contributed by atoms with Crippen molar-refractivity contribution in [1.29, 1.82) is 0 Å². The highest BCUT2D eigenvalue weighted by molar-refractivity contribution is 5.76. The minimum Gasteiger partial charge on any atom is -0.506 e. The molecule has 0 heterocycles. The van der Waals surface area contributed by atoms with Crippen LogP contribution in [0.5, 0.6) is 11.5 Å². The molecule has 0 saturated carbocycles. The van der Waals surface area contributed by atoms with Gasteiger partial charge in [0.15, 0.2) is 0 Å². The third-order valence-electron chi connectivity index (χ3n) is 3.59. The molecule has 0 aliphatic heterocycles. The molecule has 22 heavy (non-hydrogen) atoms. The zero-order valence-corrected chi connectivity index (χ0v) is 11.8. The molecular weight excluding hydrogens is 276 g/mol. The van der Waals surface area contributed by atoms with Crippen LogP contribution in [0.2, 0.25) is 0 Å². The van der Waals surface area contributed by atoms with Crippen molar-refractivity contribution in [3.63, 3.8) is 0 Å². The molecule has 3 aromatic rings. The second-order valence-corrected chi connectivity index (χ2v) is 5.13. The molecule has 0 aliphatic carbocycles. The van der Waals surface area contributed by atoms with Gasteiger partial charge >= 0.3 is 0 Å². The predicted molar refractivity (Wildman–Crippen MR) is 89.5 cm³/mol. The Morgan fingerprint density at radius 1 is 0.545 bits per heavy atom. The summed E-state index contributed by atoms with van der Waals surface area (Å²) in [5.74, 6) is 0.126. The van der Waals surface area contributed by atoms with Gasteiger partial charge in [0.05, 0.1) is 11.4 Å². The Morgan fingerprint density at radius 2 is 0.955 bits per heavy atom. The molecule has 110 valence electrons. The van der Waals surface area contributed by atoms with Crippen molar-refractivity contribution in [3.8, 4) is 33.8 Å². The third kappa shape index (κ3) is 2.54. The van der Waals surface area contributed by atoms with E-state index in [9.17, 15) is 10.2 Å². The van der Waals surface area contributed by atoms with Gasteiger partial charge in [-0.05, 0) is 52.6 Å². The number of phenols is 2. The average molecular weight is 292 g/mol. The number of nitrogen functional groups attached to an aromatic ring is 2. The standard InChI is InChI=1S/C18H16N2O2/c19-15-6-4-13(9-17(15)21)11-2-1-3-12(8-11)14-5-7-16(20)18(22)10-14/h1-10,21-22H,19-20H2. The minimum atomic E-state index is 0.0630. The van der Waals surface area contributed by atoms with Crippen LogP contribution in [0.1, 0.15) is 0 Å². The summed E-state index contributed by atoms with van der Waals surface area (Å²) in [5, 5.41) is 19.5. The highest BCUT2D eigenvalue weighted by Gasteiger charge is 2.06. The molecule has 3 rings (SSSR count). The van der Waals surface area contributed by atoms with Gasteiger partial charge in [-0.15, -0.1) is 0 Å². The summed E-state index contributed by atoms with van der Waals surface area (Å²) in [6.07, 6.45) is 0. The van der Waals surface area contributed by atoms with Gasteiger partial charge < -0.3 is 21.7 Å². The molecular formula is C18H16N2O2. The summed E-state index contributed by atoms with van der Waals surface area (Å²) < 4.78 is 0. The number of phenolic OH excluding ortho intramolecular Hbond substituents is 2. The lowest BCUT2D eigenvalue weighted by Gasteiger charge is -2.08. The van der Waals surface area contributed by atoms with Gasteiger partial charge in [-0.1, -0.05) is 30.3 Å². The second kappa shape index (κ2) is 5.33. The molecule has 0 bridgehead atoms. The van der Waals surface area contributed by atoms with Crippen LogP contribution in [-0.2, 0) is 0 Å². The molecule has 0 spiro atoms. The van der Waals surface area contributed by atoms with Crippen LogP contribution in [0.15, 0.2) is 60.7 Å². The van der Waals surface area contributed by atoms with E-state index in [0.717, 1.165) is 22.3 Å². The quantitative estimate of drug-likeness (QED) is 0.429. The Balaban J connectivity index is 2.05. The van der Waals surface area contributed by atoms with Crippen LogP contribution < -0.4 is 11.5 Å².